The van der Waals surface area contributed by atoms with Gasteiger partial charge in [-0.15, -0.1) is 0 Å². The molecule has 164 valence electrons. The van der Waals surface area contributed by atoms with Gasteiger partial charge in [-0.05, 0) is 12.8 Å². The lowest BCUT2D eigenvalue weighted by atomic mass is 10.0. The number of ether oxygens (including phenoxy) is 1. The van der Waals surface area contributed by atoms with Gasteiger partial charge in [0.1, 0.15) is 0 Å². The van der Waals surface area contributed by atoms with E-state index in [1.807, 2.05) is 0 Å². The number of hydrogen-bond acceptors (Lipinski definition) is 1. The predicted octanol–water partition coefficient (Wildman–Crippen LogP) is 9.62. The van der Waals surface area contributed by atoms with Crippen molar-refractivity contribution in [3.05, 3.63) is 0 Å². The smallest absolute Gasteiger partial charge is 0.0466 e. The summed E-state index contributed by atoms with van der Waals surface area (Å²) in [6, 6.07) is 0. The molecule has 0 aromatic carbocycles. The van der Waals surface area contributed by atoms with Crippen molar-refractivity contribution in [2.75, 3.05) is 13.2 Å². The maximum Gasteiger partial charge on any atom is 0.0466 e. The summed E-state index contributed by atoms with van der Waals surface area (Å²) in [5, 5.41) is 0. The van der Waals surface area contributed by atoms with E-state index < -0.39 is 0 Å². The molecule has 0 fully saturated rings. The van der Waals surface area contributed by atoms with Gasteiger partial charge in [0.05, 0.1) is 0 Å². The van der Waals surface area contributed by atoms with Crippen LogP contribution in [-0.2, 0) is 4.74 Å². The van der Waals surface area contributed by atoms with Gasteiger partial charge >= 0.3 is 0 Å². The first-order chi connectivity index (χ1) is 13.4. The van der Waals surface area contributed by atoms with Crippen LogP contribution in [0, 0.1) is 0 Å². The van der Waals surface area contributed by atoms with E-state index in [0.717, 1.165) is 13.2 Å². The fourth-order valence-corrected chi connectivity index (χ4v) is 3.81. The molecule has 0 radical (unpaired) electrons. The first-order valence-electron chi connectivity index (χ1n) is 13.0. The zero-order valence-corrected chi connectivity index (χ0v) is 19.4. The Bertz CT molecular complexity index is 214. The van der Waals surface area contributed by atoms with Crippen molar-refractivity contribution >= 4 is 0 Å². The molecule has 0 aliphatic carbocycles. The van der Waals surface area contributed by atoms with Crippen LogP contribution >= 0.6 is 0 Å². The van der Waals surface area contributed by atoms with Gasteiger partial charge < -0.3 is 4.74 Å². The van der Waals surface area contributed by atoms with Gasteiger partial charge in [-0.3, -0.25) is 0 Å². The lowest BCUT2D eigenvalue weighted by molar-refractivity contribution is 0.127. The zero-order chi connectivity index (χ0) is 19.7. The Morgan fingerprint density at radius 1 is 0.296 bits per heavy atom. The first-order valence-corrected chi connectivity index (χ1v) is 13.0. The predicted molar refractivity (Wildman–Crippen MR) is 124 cm³/mol. The van der Waals surface area contributed by atoms with Gasteiger partial charge in [-0.2, -0.15) is 0 Å². The van der Waals surface area contributed by atoms with E-state index in [1.165, 1.54) is 141 Å². The Morgan fingerprint density at radius 3 is 0.889 bits per heavy atom. The molecule has 0 N–H and O–H groups in total. The van der Waals surface area contributed by atoms with Crippen molar-refractivity contribution in [2.24, 2.45) is 0 Å². The molecular weight excluding hydrogens is 328 g/mol. The van der Waals surface area contributed by atoms with E-state index in [1.54, 1.807) is 0 Å². The molecular formula is C26H54O. The fourth-order valence-electron chi connectivity index (χ4n) is 3.81. The van der Waals surface area contributed by atoms with Crippen LogP contribution in [0.15, 0.2) is 0 Å². The van der Waals surface area contributed by atoms with Crippen LogP contribution in [-0.4, -0.2) is 13.2 Å². The highest BCUT2D eigenvalue weighted by Crippen LogP contribution is 2.14. The van der Waals surface area contributed by atoms with E-state index in [9.17, 15) is 0 Å². The lowest BCUT2D eigenvalue weighted by Crippen LogP contribution is -1.96. The summed E-state index contributed by atoms with van der Waals surface area (Å²) in [6.45, 7) is 6.48. The van der Waals surface area contributed by atoms with Crippen LogP contribution in [0.25, 0.3) is 0 Å². The molecule has 0 heterocycles. The summed E-state index contributed by atoms with van der Waals surface area (Å²) in [4.78, 5) is 0. The number of unbranched alkanes of at least 4 members (excludes halogenated alkanes) is 20. The molecule has 0 amide bonds. The van der Waals surface area contributed by atoms with Crippen LogP contribution in [0.1, 0.15) is 155 Å². The molecule has 0 aromatic heterocycles. The van der Waals surface area contributed by atoms with E-state index >= 15 is 0 Å². The molecule has 27 heavy (non-hydrogen) atoms. The average Bonchev–Trinajstić information content (AvgIpc) is 2.68. The van der Waals surface area contributed by atoms with E-state index in [-0.39, 0.29) is 0 Å². The zero-order valence-electron chi connectivity index (χ0n) is 19.4. The number of hydrogen-bond donors (Lipinski definition) is 0. The molecule has 1 heteroatoms. The van der Waals surface area contributed by atoms with Crippen molar-refractivity contribution in [1.82, 2.24) is 0 Å². The van der Waals surface area contributed by atoms with Crippen LogP contribution in [0.3, 0.4) is 0 Å². The third-order valence-corrected chi connectivity index (χ3v) is 5.78. The minimum absolute atomic E-state index is 0.968. The summed E-state index contributed by atoms with van der Waals surface area (Å²) in [5.74, 6) is 0. The highest BCUT2D eigenvalue weighted by molar-refractivity contribution is 4.51. The normalized spacial score (nSPS) is 11.3. The van der Waals surface area contributed by atoms with Gasteiger partial charge in [0, 0.05) is 13.2 Å². The maximum absolute atomic E-state index is 5.61. The summed E-state index contributed by atoms with van der Waals surface area (Å²) in [6.07, 6.45) is 31.4. The molecule has 0 unspecified atom stereocenters. The topological polar surface area (TPSA) is 9.23 Å². The lowest BCUT2D eigenvalue weighted by Gasteiger charge is -2.04. The molecule has 0 atom stereocenters. The Balaban J connectivity index is 2.95. The summed E-state index contributed by atoms with van der Waals surface area (Å²) >= 11 is 0. The first kappa shape index (κ1) is 27.0. The highest BCUT2D eigenvalue weighted by Gasteiger charge is 1.95. The Morgan fingerprint density at radius 2 is 0.556 bits per heavy atom. The molecule has 0 aliphatic heterocycles. The van der Waals surface area contributed by atoms with Gasteiger partial charge in [0.2, 0.25) is 0 Å². The van der Waals surface area contributed by atoms with Crippen molar-refractivity contribution in [2.45, 2.75) is 155 Å². The second-order valence-electron chi connectivity index (χ2n) is 8.68. The Kier molecular flexibility index (Phi) is 25.9. The SMILES string of the molecule is CCCCCCCCCCCCCCCCCCCCCCOCCCC. The third kappa shape index (κ3) is 26.0. The highest BCUT2D eigenvalue weighted by atomic mass is 16.5. The maximum atomic E-state index is 5.61. The van der Waals surface area contributed by atoms with Crippen LogP contribution < -0.4 is 0 Å². The summed E-state index contributed by atoms with van der Waals surface area (Å²) in [7, 11) is 0. The van der Waals surface area contributed by atoms with Crippen molar-refractivity contribution in [3.63, 3.8) is 0 Å². The van der Waals surface area contributed by atoms with E-state index in [2.05, 4.69) is 13.8 Å². The van der Waals surface area contributed by atoms with Gasteiger partial charge in [-0.1, -0.05) is 142 Å². The Labute approximate surface area is 173 Å². The van der Waals surface area contributed by atoms with E-state index in [0.29, 0.717) is 0 Å². The van der Waals surface area contributed by atoms with Crippen molar-refractivity contribution in [1.29, 1.82) is 0 Å². The number of rotatable bonds is 24. The van der Waals surface area contributed by atoms with Gasteiger partial charge in [0.15, 0.2) is 0 Å². The van der Waals surface area contributed by atoms with Crippen LogP contribution in [0.2, 0.25) is 0 Å². The molecule has 0 aliphatic rings. The molecule has 0 spiro atoms. The summed E-state index contributed by atoms with van der Waals surface area (Å²) < 4.78 is 5.61. The quantitative estimate of drug-likeness (QED) is 0.151. The van der Waals surface area contributed by atoms with Crippen LogP contribution in [0.5, 0.6) is 0 Å². The standard InChI is InChI=1S/C26H54O/c1-3-5-7-8-9-10-11-12-13-14-15-16-17-18-19-20-21-22-23-24-26-27-25-6-4-2/h3-26H2,1-2H3. The molecule has 1 nitrogen and oxygen atoms in total. The van der Waals surface area contributed by atoms with Gasteiger partial charge in [-0.25, -0.2) is 0 Å². The minimum atomic E-state index is 0.968. The molecule has 0 bridgehead atoms. The second kappa shape index (κ2) is 26.0. The van der Waals surface area contributed by atoms with Crippen LogP contribution in [0.4, 0.5) is 0 Å². The third-order valence-electron chi connectivity index (χ3n) is 5.78. The Hall–Kier alpha value is -0.0400. The largest absolute Gasteiger partial charge is 0.381 e. The molecule has 0 aromatic rings. The monoisotopic (exact) mass is 382 g/mol. The van der Waals surface area contributed by atoms with Gasteiger partial charge in [0.25, 0.3) is 0 Å². The molecule has 0 rings (SSSR count). The minimum Gasteiger partial charge on any atom is -0.381 e. The molecule has 0 saturated heterocycles. The fraction of sp³-hybridized carbons (Fsp3) is 1.00. The second-order valence-corrected chi connectivity index (χ2v) is 8.68. The molecule has 0 saturated carbocycles. The summed E-state index contributed by atoms with van der Waals surface area (Å²) in [5.41, 5.74) is 0. The van der Waals surface area contributed by atoms with E-state index in [4.69, 9.17) is 4.74 Å². The van der Waals surface area contributed by atoms with Crippen molar-refractivity contribution in [3.8, 4) is 0 Å². The van der Waals surface area contributed by atoms with Crippen molar-refractivity contribution < 1.29 is 4.74 Å². The average molecular weight is 383 g/mol.